The Labute approximate surface area is 180 Å². The number of aromatic amines is 1. The highest BCUT2D eigenvalue weighted by atomic mass is 35.5. The number of nitrogens with zero attached hydrogens (tertiary/aromatic N) is 2. The Kier molecular flexibility index (Phi) is 9.11. The monoisotopic (exact) mass is 436 g/mol. The molecule has 0 spiro atoms. The number of nitrogens with one attached hydrogen (secondary N) is 2. The van der Waals surface area contributed by atoms with Gasteiger partial charge in [-0.05, 0) is 50.2 Å². The molecular weight excluding hydrogens is 408 g/mol. The van der Waals surface area contributed by atoms with Crippen LogP contribution < -0.4 is 15.6 Å². The fourth-order valence-electron chi connectivity index (χ4n) is 3.51. The fraction of sp³-hybridized carbons (Fsp3) is 0.524. The molecule has 9 heteroatoms. The zero-order chi connectivity index (χ0) is 22.1. The van der Waals surface area contributed by atoms with Crippen LogP contribution in [0.3, 0.4) is 0 Å². The maximum absolute atomic E-state index is 11.6. The number of para-hydroxylation sites is 1. The number of carbonyl (C=O) groups is 1. The predicted octanol–water partition coefficient (Wildman–Crippen LogP) is 4.34. The molecule has 1 saturated carbocycles. The first-order valence-corrected chi connectivity index (χ1v) is 10.6. The summed E-state index contributed by atoms with van der Waals surface area (Å²) >= 11 is 5.46. The highest BCUT2D eigenvalue weighted by molar-refractivity contribution is 6.18. The van der Waals surface area contributed by atoms with Crippen molar-refractivity contribution < 1.29 is 9.53 Å². The molecule has 1 aromatic heterocycles. The second kappa shape index (κ2) is 11.5. The third-order valence-electron chi connectivity index (χ3n) is 5.24. The van der Waals surface area contributed by atoms with Crippen molar-refractivity contribution in [3.05, 3.63) is 45.1 Å². The van der Waals surface area contributed by atoms with E-state index in [0.29, 0.717) is 5.75 Å². The van der Waals surface area contributed by atoms with Gasteiger partial charge in [0.1, 0.15) is 5.75 Å². The lowest BCUT2D eigenvalue weighted by atomic mass is 9.87. The van der Waals surface area contributed by atoms with Gasteiger partial charge in [-0.3, -0.25) is 4.79 Å². The number of aryl methyl sites for hydroxylation is 1. The Morgan fingerprint density at radius 3 is 2.63 bits per heavy atom. The number of hydrogen-bond acceptors (Lipinski definition) is 5. The number of fused-ring (bicyclic) bond motifs is 1. The molecule has 0 atom stereocenters. The third-order valence-corrected chi connectivity index (χ3v) is 5.41. The van der Waals surface area contributed by atoms with Gasteiger partial charge in [0.2, 0.25) is 5.56 Å². The van der Waals surface area contributed by atoms with Crippen LogP contribution in [-0.4, -0.2) is 41.6 Å². The van der Waals surface area contributed by atoms with Crippen LogP contribution in [0.1, 0.15) is 38.2 Å². The van der Waals surface area contributed by atoms with Crippen LogP contribution in [-0.2, 0) is 0 Å². The van der Waals surface area contributed by atoms with E-state index in [1.165, 1.54) is 0 Å². The number of carbonyl (C=O) groups excluding carboxylic acids is 1. The Bertz CT molecular complexity index is 910. The van der Waals surface area contributed by atoms with E-state index in [9.17, 15) is 14.5 Å². The summed E-state index contributed by atoms with van der Waals surface area (Å²) in [6, 6.07) is 7.02. The van der Waals surface area contributed by atoms with Crippen LogP contribution in [0, 0.1) is 17.7 Å². The Hall–Kier alpha value is -2.61. The molecule has 0 aliphatic heterocycles. The summed E-state index contributed by atoms with van der Waals surface area (Å²) in [7, 11) is 1.59. The number of aromatic nitrogens is 1. The van der Waals surface area contributed by atoms with E-state index >= 15 is 0 Å². The molecular formula is C21H29ClN4O4. The van der Waals surface area contributed by atoms with E-state index in [1.54, 1.807) is 13.2 Å². The summed E-state index contributed by atoms with van der Waals surface area (Å²) in [5, 5.41) is 7.31. The van der Waals surface area contributed by atoms with Crippen LogP contribution >= 0.6 is 11.6 Å². The third kappa shape index (κ3) is 6.45. The van der Waals surface area contributed by atoms with Gasteiger partial charge in [0.15, 0.2) is 0 Å². The molecule has 2 aromatic rings. The number of ether oxygens (including phenoxy) is 1. The number of amides is 2. The first-order valence-electron chi connectivity index (χ1n) is 10.0. The van der Waals surface area contributed by atoms with Crippen molar-refractivity contribution in [2.45, 2.75) is 45.6 Å². The van der Waals surface area contributed by atoms with Gasteiger partial charge in [-0.15, -0.1) is 16.5 Å². The van der Waals surface area contributed by atoms with Crippen LogP contribution in [0.2, 0.25) is 0 Å². The summed E-state index contributed by atoms with van der Waals surface area (Å²) < 4.78 is 5.17. The maximum atomic E-state index is 11.6. The molecule has 2 N–H and O–H groups in total. The fourth-order valence-corrected chi connectivity index (χ4v) is 3.67. The van der Waals surface area contributed by atoms with E-state index in [1.807, 2.05) is 25.1 Å². The summed E-state index contributed by atoms with van der Waals surface area (Å²) in [6.07, 6.45) is 4.19. The zero-order valence-corrected chi connectivity index (χ0v) is 18.4. The minimum Gasteiger partial charge on any atom is -0.495 e. The van der Waals surface area contributed by atoms with Gasteiger partial charge >= 0.3 is 6.03 Å². The van der Waals surface area contributed by atoms with Crippen LogP contribution in [0.5, 0.6) is 5.75 Å². The van der Waals surface area contributed by atoms with Crippen molar-refractivity contribution in [2.75, 3.05) is 19.5 Å². The molecule has 30 heavy (non-hydrogen) atoms. The Morgan fingerprint density at radius 1 is 1.33 bits per heavy atom. The molecule has 3 rings (SSSR count). The number of alkyl halides is 1. The number of nitroso groups, excluding NO2 is 1. The van der Waals surface area contributed by atoms with Gasteiger partial charge in [0.05, 0.1) is 24.5 Å². The summed E-state index contributed by atoms with van der Waals surface area (Å²) in [4.78, 5) is 36.0. The number of hydrogen-bond donors (Lipinski definition) is 2. The van der Waals surface area contributed by atoms with Gasteiger partial charge < -0.3 is 15.0 Å². The minimum atomic E-state index is -0.435. The standard InChI is InChI=1S/C11H11NO2.C10H18ClN3O2/c1-7-6-10(13)12-11-8(7)4-3-5-9(11)14-2;1-8-2-4-9(5-3-8)12-10(15)14(13-16)7-6-11/h3-6H,1-2H3,(H,12,13);8-9H,2-7H2,1H3,(H,12,15). The highest BCUT2D eigenvalue weighted by Crippen LogP contribution is 2.24. The number of H-pyrrole nitrogens is 1. The largest absolute Gasteiger partial charge is 0.495 e. The quantitative estimate of drug-likeness (QED) is 0.413. The average Bonchev–Trinajstić information content (AvgIpc) is 2.73. The van der Waals surface area contributed by atoms with Gasteiger partial charge in [-0.1, -0.05) is 19.1 Å². The molecule has 2 amide bonds. The Morgan fingerprint density at radius 2 is 2.03 bits per heavy atom. The predicted molar refractivity (Wildman–Crippen MR) is 119 cm³/mol. The van der Waals surface area contributed by atoms with Crippen molar-refractivity contribution >= 4 is 28.5 Å². The van der Waals surface area contributed by atoms with Crippen molar-refractivity contribution in [3.8, 4) is 5.75 Å². The lowest BCUT2D eigenvalue weighted by molar-refractivity contribution is 0.191. The lowest BCUT2D eigenvalue weighted by Gasteiger charge is -2.27. The second-order valence-electron chi connectivity index (χ2n) is 7.50. The second-order valence-corrected chi connectivity index (χ2v) is 7.88. The minimum absolute atomic E-state index is 0.0977. The molecule has 0 radical (unpaired) electrons. The van der Waals surface area contributed by atoms with E-state index in [2.05, 4.69) is 22.5 Å². The topological polar surface area (TPSA) is 104 Å². The first kappa shape index (κ1) is 23.7. The molecule has 164 valence electrons. The average molecular weight is 437 g/mol. The maximum Gasteiger partial charge on any atom is 0.340 e. The van der Waals surface area contributed by atoms with Gasteiger partial charge in [-0.25, -0.2) is 4.79 Å². The molecule has 1 aliphatic rings. The Balaban J connectivity index is 0.000000215. The molecule has 8 nitrogen and oxygen atoms in total. The van der Waals surface area contributed by atoms with Gasteiger partial charge in [-0.2, -0.15) is 5.01 Å². The smallest absolute Gasteiger partial charge is 0.340 e. The first-order chi connectivity index (χ1) is 14.4. The van der Waals surface area contributed by atoms with E-state index in [0.717, 1.165) is 53.1 Å². The van der Waals surface area contributed by atoms with Gasteiger partial charge in [0.25, 0.3) is 0 Å². The van der Waals surface area contributed by atoms with Crippen molar-refractivity contribution in [2.24, 2.45) is 11.2 Å². The van der Waals surface area contributed by atoms with E-state index in [4.69, 9.17) is 16.3 Å². The van der Waals surface area contributed by atoms with Crippen molar-refractivity contribution in [1.29, 1.82) is 0 Å². The molecule has 1 aromatic carbocycles. The zero-order valence-electron chi connectivity index (χ0n) is 17.6. The summed E-state index contributed by atoms with van der Waals surface area (Å²) in [5.74, 6) is 1.64. The molecule has 0 unspecified atom stereocenters. The SMILES string of the molecule is CC1CCC(NC(=O)N(CCCl)N=O)CC1.COc1cccc2c(C)cc(=O)[nH]c12. The van der Waals surface area contributed by atoms with Crippen LogP contribution in [0.15, 0.2) is 34.3 Å². The molecule has 0 bridgehead atoms. The van der Waals surface area contributed by atoms with Crippen molar-refractivity contribution in [1.82, 2.24) is 15.3 Å². The van der Waals surface area contributed by atoms with E-state index in [-0.39, 0.29) is 24.0 Å². The number of rotatable bonds is 5. The summed E-state index contributed by atoms with van der Waals surface area (Å²) in [5.41, 5.74) is 1.63. The summed E-state index contributed by atoms with van der Waals surface area (Å²) in [6.45, 7) is 4.28. The molecule has 1 aliphatic carbocycles. The van der Waals surface area contributed by atoms with Crippen molar-refractivity contribution in [3.63, 3.8) is 0 Å². The molecule has 0 saturated heterocycles. The highest BCUT2D eigenvalue weighted by Gasteiger charge is 2.22. The van der Waals surface area contributed by atoms with Gasteiger partial charge in [0, 0.05) is 23.4 Å². The number of pyridine rings is 1. The number of benzene rings is 1. The number of methoxy groups -OCH3 is 1. The normalized spacial score (nSPS) is 18.1. The molecule has 1 heterocycles. The number of urea groups is 1. The van der Waals surface area contributed by atoms with Crippen LogP contribution in [0.4, 0.5) is 4.79 Å². The lowest BCUT2D eigenvalue weighted by Crippen LogP contribution is -2.44. The van der Waals surface area contributed by atoms with E-state index < -0.39 is 6.03 Å². The number of halogens is 1. The van der Waals surface area contributed by atoms with Crippen LogP contribution in [0.25, 0.3) is 10.9 Å². The molecule has 1 fully saturated rings.